The lowest BCUT2D eigenvalue weighted by atomic mass is 10.1. The van der Waals surface area contributed by atoms with Crippen molar-refractivity contribution in [1.29, 1.82) is 0 Å². The van der Waals surface area contributed by atoms with Crippen molar-refractivity contribution in [3.8, 4) is 17.0 Å². The molecule has 0 aliphatic rings. The molecule has 0 saturated carbocycles. The Morgan fingerprint density at radius 2 is 1.93 bits per heavy atom. The van der Waals surface area contributed by atoms with E-state index in [2.05, 4.69) is 21.4 Å². The van der Waals surface area contributed by atoms with Gasteiger partial charge < -0.3 is 15.0 Å². The van der Waals surface area contributed by atoms with E-state index in [1.807, 2.05) is 72.1 Å². The fourth-order valence-electron chi connectivity index (χ4n) is 3.23. The Morgan fingerprint density at radius 3 is 2.73 bits per heavy atom. The molecule has 152 valence electrons. The third-order valence-corrected chi connectivity index (χ3v) is 4.82. The van der Waals surface area contributed by atoms with Gasteiger partial charge >= 0.3 is 0 Å². The molecule has 0 fully saturated rings. The molecule has 30 heavy (non-hydrogen) atoms. The molecule has 4 rings (SSSR count). The first-order chi connectivity index (χ1) is 14.5. The van der Waals surface area contributed by atoms with Crippen LogP contribution in [0.3, 0.4) is 0 Å². The lowest BCUT2D eigenvalue weighted by Crippen LogP contribution is -2.15. The van der Waals surface area contributed by atoms with Gasteiger partial charge in [0.2, 0.25) is 5.91 Å². The first-order valence-electron chi connectivity index (χ1n) is 9.57. The van der Waals surface area contributed by atoms with Gasteiger partial charge in [0.25, 0.3) is 0 Å². The standard InChI is InChI=1S/C23H23N5O2/c1-27(2)18-8-5-7-17(12-18)20-15-28-21(13-24-20)25-14-22(28)26-23(29)11-16-6-4-9-19(10-16)30-3/h4-10,12-15H,11H2,1-3H3,(H,26,29). The van der Waals surface area contributed by atoms with E-state index in [0.717, 1.165) is 28.3 Å². The molecule has 0 radical (unpaired) electrons. The predicted molar refractivity (Wildman–Crippen MR) is 118 cm³/mol. The summed E-state index contributed by atoms with van der Waals surface area (Å²) in [6.45, 7) is 0. The highest BCUT2D eigenvalue weighted by Crippen LogP contribution is 2.24. The van der Waals surface area contributed by atoms with Crippen LogP contribution in [0.2, 0.25) is 0 Å². The third-order valence-electron chi connectivity index (χ3n) is 4.82. The van der Waals surface area contributed by atoms with Crippen LogP contribution in [-0.2, 0) is 11.2 Å². The maximum Gasteiger partial charge on any atom is 0.229 e. The van der Waals surface area contributed by atoms with Gasteiger partial charge in [0.15, 0.2) is 5.65 Å². The van der Waals surface area contributed by atoms with Crippen molar-refractivity contribution in [2.24, 2.45) is 0 Å². The van der Waals surface area contributed by atoms with Gasteiger partial charge in [-0.1, -0.05) is 24.3 Å². The second kappa shape index (κ2) is 8.24. The molecular formula is C23H23N5O2. The highest BCUT2D eigenvalue weighted by atomic mass is 16.5. The number of aromatic nitrogens is 3. The molecule has 4 aromatic rings. The minimum absolute atomic E-state index is 0.127. The van der Waals surface area contributed by atoms with Crippen LogP contribution in [0, 0.1) is 0 Å². The number of carbonyl (C=O) groups excluding carboxylic acids is 1. The molecule has 7 heteroatoms. The van der Waals surface area contributed by atoms with Gasteiger partial charge in [0, 0.05) is 31.5 Å². The number of carbonyl (C=O) groups is 1. The smallest absolute Gasteiger partial charge is 0.229 e. The lowest BCUT2D eigenvalue weighted by molar-refractivity contribution is -0.115. The number of amides is 1. The SMILES string of the molecule is COc1cccc(CC(=O)Nc2cnc3cnc(-c4cccc(N(C)C)c4)cn23)c1. The maximum absolute atomic E-state index is 12.6. The number of anilines is 2. The number of methoxy groups -OCH3 is 1. The van der Waals surface area contributed by atoms with Gasteiger partial charge in [-0.25, -0.2) is 4.98 Å². The Morgan fingerprint density at radius 1 is 1.10 bits per heavy atom. The lowest BCUT2D eigenvalue weighted by Gasteiger charge is -2.13. The van der Waals surface area contributed by atoms with Gasteiger partial charge in [0.1, 0.15) is 11.6 Å². The van der Waals surface area contributed by atoms with E-state index in [4.69, 9.17) is 4.74 Å². The van der Waals surface area contributed by atoms with E-state index >= 15 is 0 Å². The minimum atomic E-state index is -0.127. The molecule has 2 aromatic carbocycles. The molecule has 1 N–H and O–H groups in total. The highest BCUT2D eigenvalue weighted by Gasteiger charge is 2.11. The quantitative estimate of drug-likeness (QED) is 0.534. The summed E-state index contributed by atoms with van der Waals surface area (Å²) in [6.07, 6.45) is 5.47. The molecule has 0 spiro atoms. The summed E-state index contributed by atoms with van der Waals surface area (Å²) in [5, 5.41) is 2.94. The van der Waals surface area contributed by atoms with Gasteiger partial charge in [-0.3, -0.25) is 14.2 Å². The number of fused-ring (bicyclic) bond motifs is 1. The number of hydrogen-bond acceptors (Lipinski definition) is 5. The van der Waals surface area contributed by atoms with E-state index in [1.165, 1.54) is 0 Å². The number of rotatable bonds is 6. The Balaban J connectivity index is 1.58. The maximum atomic E-state index is 12.6. The number of nitrogens with zero attached hydrogens (tertiary/aromatic N) is 4. The molecule has 0 unspecified atom stereocenters. The van der Waals surface area contributed by atoms with E-state index < -0.39 is 0 Å². The van der Waals surface area contributed by atoms with E-state index in [1.54, 1.807) is 19.5 Å². The average Bonchev–Trinajstić information content (AvgIpc) is 3.15. The monoisotopic (exact) mass is 401 g/mol. The minimum Gasteiger partial charge on any atom is -0.497 e. The molecule has 7 nitrogen and oxygen atoms in total. The molecular weight excluding hydrogens is 378 g/mol. The van der Waals surface area contributed by atoms with Gasteiger partial charge in [-0.15, -0.1) is 0 Å². The third kappa shape index (κ3) is 4.10. The summed E-state index contributed by atoms with van der Waals surface area (Å²) in [4.78, 5) is 23.5. The number of imidazole rings is 1. The summed E-state index contributed by atoms with van der Waals surface area (Å²) < 4.78 is 7.06. The zero-order chi connectivity index (χ0) is 21.1. The predicted octanol–water partition coefficient (Wildman–Crippen LogP) is 3.65. The zero-order valence-electron chi connectivity index (χ0n) is 17.2. The van der Waals surface area contributed by atoms with Crippen LogP contribution in [0.15, 0.2) is 67.1 Å². The largest absolute Gasteiger partial charge is 0.497 e. The molecule has 2 heterocycles. The van der Waals surface area contributed by atoms with Crippen LogP contribution in [0.25, 0.3) is 16.9 Å². The molecule has 0 aliphatic heterocycles. The van der Waals surface area contributed by atoms with Crippen LogP contribution >= 0.6 is 0 Å². The second-order valence-corrected chi connectivity index (χ2v) is 7.17. The van der Waals surface area contributed by atoms with Crippen molar-refractivity contribution in [3.63, 3.8) is 0 Å². The van der Waals surface area contributed by atoms with Crippen molar-refractivity contribution in [2.75, 3.05) is 31.4 Å². The number of ether oxygens (including phenoxy) is 1. The highest BCUT2D eigenvalue weighted by molar-refractivity contribution is 5.92. The van der Waals surface area contributed by atoms with Crippen LogP contribution in [0.4, 0.5) is 11.5 Å². The molecule has 0 aliphatic carbocycles. The summed E-state index contributed by atoms with van der Waals surface area (Å²) in [5.74, 6) is 1.20. The van der Waals surface area contributed by atoms with Crippen LogP contribution in [0.1, 0.15) is 5.56 Å². The fraction of sp³-hybridized carbons (Fsp3) is 0.174. The number of benzene rings is 2. The fourth-order valence-corrected chi connectivity index (χ4v) is 3.23. The molecule has 1 amide bonds. The summed E-state index contributed by atoms with van der Waals surface area (Å²) in [7, 11) is 5.61. The second-order valence-electron chi connectivity index (χ2n) is 7.17. The van der Waals surface area contributed by atoms with Crippen molar-refractivity contribution in [3.05, 3.63) is 72.7 Å². The van der Waals surface area contributed by atoms with Crippen molar-refractivity contribution < 1.29 is 9.53 Å². The van der Waals surface area contributed by atoms with Crippen LogP contribution in [-0.4, -0.2) is 41.5 Å². The van der Waals surface area contributed by atoms with E-state index in [9.17, 15) is 4.79 Å². The van der Waals surface area contributed by atoms with Crippen molar-refractivity contribution in [1.82, 2.24) is 14.4 Å². The van der Waals surface area contributed by atoms with Crippen LogP contribution < -0.4 is 15.0 Å². The van der Waals surface area contributed by atoms with E-state index in [0.29, 0.717) is 11.5 Å². The first-order valence-corrected chi connectivity index (χ1v) is 9.57. The normalized spacial score (nSPS) is 10.8. The van der Waals surface area contributed by atoms with Gasteiger partial charge in [-0.2, -0.15) is 0 Å². The summed E-state index contributed by atoms with van der Waals surface area (Å²) in [5.41, 5.74) is 4.42. The molecule has 2 aromatic heterocycles. The topological polar surface area (TPSA) is 71.8 Å². The Bertz CT molecular complexity index is 1200. The molecule has 0 atom stereocenters. The Labute approximate surface area is 175 Å². The average molecular weight is 401 g/mol. The zero-order valence-corrected chi connectivity index (χ0v) is 17.2. The van der Waals surface area contributed by atoms with Crippen molar-refractivity contribution >= 4 is 23.1 Å². The molecule has 0 bridgehead atoms. The van der Waals surface area contributed by atoms with Crippen molar-refractivity contribution in [2.45, 2.75) is 6.42 Å². The summed E-state index contributed by atoms with van der Waals surface area (Å²) >= 11 is 0. The number of hydrogen-bond donors (Lipinski definition) is 1. The van der Waals surface area contributed by atoms with Gasteiger partial charge in [-0.05, 0) is 29.8 Å². The van der Waals surface area contributed by atoms with Gasteiger partial charge in [0.05, 0.1) is 31.6 Å². The van der Waals surface area contributed by atoms with E-state index in [-0.39, 0.29) is 12.3 Å². The Kier molecular flexibility index (Phi) is 5.34. The number of nitrogens with one attached hydrogen (secondary N) is 1. The molecule has 0 saturated heterocycles. The van der Waals surface area contributed by atoms with Crippen LogP contribution in [0.5, 0.6) is 5.75 Å². The summed E-state index contributed by atoms with van der Waals surface area (Å²) in [6, 6.07) is 15.6. The Hall–Kier alpha value is -3.87. The first kappa shape index (κ1) is 19.4.